The summed E-state index contributed by atoms with van der Waals surface area (Å²) in [5, 5.41) is 20.5. The van der Waals surface area contributed by atoms with Crippen molar-refractivity contribution in [2.24, 2.45) is 5.10 Å². The number of rotatable bonds is 9. The van der Waals surface area contributed by atoms with Gasteiger partial charge in [0, 0.05) is 33.9 Å². The number of carbonyl (C=O) groups is 2. The van der Waals surface area contributed by atoms with Gasteiger partial charge in [-0.15, -0.1) is 0 Å². The first kappa shape index (κ1) is 26.4. The lowest BCUT2D eigenvalue weighted by Gasteiger charge is -2.30. The van der Waals surface area contributed by atoms with E-state index >= 15 is 0 Å². The number of fused-ring (bicyclic) bond motifs is 1. The standard InChI is InChI=1S/C27H26N6O4S/c1-3-36-26(35)24-17(2)30-27(38)31-25(24)20-9-5-7-11-22(20)37-16-23(34)32-29-14-18-15-33(13-12-28)21-10-6-4-8-19(18)21/h4-11,14-15,25H,3,13,16H2,1-2H3,(H,32,34)(H2,30,31,38)/t25-/m0/s1. The first-order chi connectivity index (χ1) is 18.4. The maximum absolute atomic E-state index is 12.7. The van der Waals surface area contributed by atoms with Gasteiger partial charge < -0.3 is 24.7 Å². The Morgan fingerprint density at radius 3 is 2.79 bits per heavy atom. The van der Waals surface area contributed by atoms with E-state index in [-0.39, 0.29) is 19.8 Å². The highest BCUT2D eigenvalue weighted by atomic mass is 32.1. The number of nitrogens with zero attached hydrogens (tertiary/aromatic N) is 3. The maximum Gasteiger partial charge on any atom is 0.338 e. The Kier molecular flexibility index (Phi) is 8.35. The van der Waals surface area contributed by atoms with Crippen LogP contribution in [0.25, 0.3) is 10.9 Å². The number of hydrogen-bond donors (Lipinski definition) is 3. The lowest BCUT2D eigenvalue weighted by atomic mass is 9.95. The van der Waals surface area contributed by atoms with E-state index < -0.39 is 17.9 Å². The average Bonchev–Trinajstić information content (AvgIpc) is 3.25. The Balaban J connectivity index is 1.46. The fourth-order valence-electron chi connectivity index (χ4n) is 4.19. The minimum atomic E-state index is -0.620. The van der Waals surface area contributed by atoms with E-state index in [0.29, 0.717) is 27.7 Å². The van der Waals surface area contributed by atoms with Gasteiger partial charge in [-0.1, -0.05) is 36.4 Å². The number of esters is 1. The molecule has 2 aromatic carbocycles. The van der Waals surface area contributed by atoms with Gasteiger partial charge >= 0.3 is 5.97 Å². The van der Waals surface area contributed by atoms with Crippen LogP contribution in [0.3, 0.4) is 0 Å². The molecule has 0 saturated carbocycles. The lowest BCUT2D eigenvalue weighted by molar-refractivity contribution is -0.139. The van der Waals surface area contributed by atoms with Gasteiger partial charge in [0.25, 0.3) is 5.91 Å². The van der Waals surface area contributed by atoms with E-state index in [2.05, 4.69) is 27.2 Å². The molecule has 10 nitrogen and oxygen atoms in total. The van der Waals surface area contributed by atoms with Crippen LogP contribution in [0.15, 0.2) is 71.1 Å². The van der Waals surface area contributed by atoms with Gasteiger partial charge in [-0.05, 0) is 38.2 Å². The highest BCUT2D eigenvalue weighted by Crippen LogP contribution is 2.33. The monoisotopic (exact) mass is 530 g/mol. The molecule has 0 fully saturated rings. The molecule has 1 aromatic heterocycles. The molecule has 1 amide bonds. The van der Waals surface area contributed by atoms with E-state index in [1.807, 2.05) is 35.0 Å². The summed E-state index contributed by atoms with van der Waals surface area (Å²) in [6.45, 7) is 3.61. The Morgan fingerprint density at radius 1 is 1.24 bits per heavy atom. The van der Waals surface area contributed by atoms with Gasteiger partial charge in [0.15, 0.2) is 11.7 Å². The zero-order chi connectivity index (χ0) is 27.1. The summed E-state index contributed by atoms with van der Waals surface area (Å²) >= 11 is 5.30. The summed E-state index contributed by atoms with van der Waals surface area (Å²) in [4.78, 5) is 25.2. The van der Waals surface area contributed by atoms with Crippen molar-refractivity contribution in [1.82, 2.24) is 20.6 Å². The molecule has 1 aliphatic heterocycles. The number of aromatic nitrogens is 1. The van der Waals surface area contributed by atoms with Gasteiger partial charge in [-0.3, -0.25) is 4.79 Å². The van der Waals surface area contributed by atoms with Gasteiger partial charge in [0.05, 0.1) is 30.5 Å². The first-order valence-corrected chi connectivity index (χ1v) is 12.3. The number of carbonyl (C=O) groups excluding carboxylic acids is 2. The second-order valence-electron chi connectivity index (χ2n) is 8.30. The molecule has 0 aliphatic carbocycles. The number of nitrogens with one attached hydrogen (secondary N) is 3. The number of hydrogen-bond acceptors (Lipinski definition) is 7. The SMILES string of the molecule is CCOC(=O)C1=C(C)NC(=S)N[C@H]1c1ccccc1OCC(=O)NN=Cc1cn(CC#N)c2ccccc12. The van der Waals surface area contributed by atoms with E-state index in [4.69, 9.17) is 27.0 Å². The van der Waals surface area contributed by atoms with Crippen LogP contribution in [0.5, 0.6) is 5.75 Å². The quantitative estimate of drug-likeness (QED) is 0.167. The van der Waals surface area contributed by atoms with Crippen molar-refractivity contribution in [3.63, 3.8) is 0 Å². The van der Waals surface area contributed by atoms with E-state index in [0.717, 1.165) is 16.5 Å². The molecule has 4 rings (SSSR count). The van der Waals surface area contributed by atoms with E-state index in [9.17, 15) is 9.59 Å². The van der Waals surface area contributed by atoms with Crippen LogP contribution in [-0.2, 0) is 20.9 Å². The van der Waals surface area contributed by atoms with Crippen molar-refractivity contribution in [3.05, 3.63) is 77.1 Å². The average molecular weight is 531 g/mol. The van der Waals surface area contributed by atoms with Crippen molar-refractivity contribution in [2.75, 3.05) is 13.2 Å². The van der Waals surface area contributed by atoms with Crippen LogP contribution in [0.4, 0.5) is 0 Å². The minimum Gasteiger partial charge on any atom is -0.483 e. The number of amides is 1. The molecule has 1 aliphatic rings. The third kappa shape index (κ3) is 5.82. The van der Waals surface area contributed by atoms with Crippen molar-refractivity contribution >= 4 is 46.3 Å². The highest BCUT2D eigenvalue weighted by Gasteiger charge is 2.32. The fourth-order valence-corrected chi connectivity index (χ4v) is 4.46. The molecule has 0 unspecified atom stereocenters. The summed E-state index contributed by atoms with van der Waals surface area (Å²) < 4.78 is 12.9. The molecule has 0 bridgehead atoms. The summed E-state index contributed by atoms with van der Waals surface area (Å²) in [7, 11) is 0. The summed E-state index contributed by atoms with van der Waals surface area (Å²) in [5.41, 5.74) is 5.72. The number of nitriles is 1. The molecule has 38 heavy (non-hydrogen) atoms. The molecule has 1 atom stereocenters. The van der Waals surface area contributed by atoms with Gasteiger partial charge in [0.1, 0.15) is 12.3 Å². The van der Waals surface area contributed by atoms with Crippen LogP contribution >= 0.6 is 12.2 Å². The lowest BCUT2D eigenvalue weighted by Crippen LogP contribution is -2.45. The number of para-hydroxylation sites is 2. The van der Waals surface area contributed by atoms with Crippen molar-refractivity contribution < 1.29 is 19.1 Å². The molecule has 3 N–H and O–H groups in total. The van der Waals surface area contributed by atoms with Crippen LogP contribution in [-0.4, -0.2) is 41.0 Å². The Bertz CT molecular complexity index is 1490. The third-order valence-electron chi connectivity index (χ3n) is 5.81. The van der Waals surface area contributed by atoms with Gasteiger partial charge in [0.2, 0.25) is 0 Å². The van der Waals surface area contributed by atoms with Crippen LogP contribution < -0.4 is 20.8 Å². The summed E-state index contributed by atoms with van der Waals surface area (Å²) in [6, 6.07) is 16.2. The number of hydrazone groups is 1. The third-order valence-corrected chi connectivity index (χ3v) is 6.03. The molecule has 3 aromatic rings. The topological polar surface area (TPSA) is 130 Å². The largest absolute Gasteiger partial charge is 0.483 e. The minimum absolute atomic E-state index is 0.206. The molecular formula is C27H26N6O4S. The molecule has 0 saturated heterocycles. The Hall–Kier alpha value is -4.69. The first-order valence-electron chi connectivity index (χ1n) is 11.9. The van der Waals surface area contributed by atoms with Crippen molar-refractivity contribution in [1.29, 1.82) is 5.26 Å². The summed E-state index contributed by atoms with van der Waals surface area (Å²) in [5.74, 6) is -0.540. The maximum atomic E-state index is 12.7. The highest BCUT2D eigenvalue weighted by molar-refractivity contribution is 7.80. The molecule has 0 radical (unpaired) electrons. The predicted molar refractivity (Wildman–Crippen MR) is 146 cm³/mol. The number of thiocarbonyl (C=S) groups is 1. The number of ether oxygens (including phenoxy) is 2. The molecule has 2 heterocycles. The smallest absolute Gasteiger partial charge is 0.338 e. The predicted octanol–water partition coefficient (Wildman–Crippen LogP) is 3.05. The fraction of sp³-hybridized carbons (Fsp3) is 0.222. The van der Waals surface area contributed by atoms with Crippen LogP contribution in [0.2, 0.25) is 0 Å². The molecule has 11 heteroatoms. The zero-order valence-electron chi connectivity index (χ0n) is 20.9. The van der Waals surface area contributed by atoms with Crippen LogP contribution in [0, 0.1) is 11.3 Å². The summed E-state index contributed by atoms with van der Waals surface area (Å²) in [6.07, 6.45) is 3.34. The second kappa shape index (κ2) is 12.0. The van der Waals surface area contributed by atoms with E-state index in [1.165, 1.54) is 6.21 Å². The number of allylic oxidation sites excluding steroid dienone is 1. The zero-order valence-corrected chi connectivity index (χ0v) is 21.7. The van der Waals surface area contributed by atoms with Gasteiger partial charge in [-0.25, -0.2) is 10.2 Å². The Labute approximate surface area is 224 Å². The van der Waals surface area contributed by atoms with E-state index in [1.54, 1.807) is 38.1 Å². The number of benzene rings is 2. The normalized spacial score (nSPS) is 15.1. The molecule has 194 valence electrons. The molecule has 0 spiro atoms. The Morgan fingerprint density at radius 2 is 2.00 bits per heavy atom. The second-order valence-corrected chi connectivity index (χ2v) is 8.71. The molecular weight excluding hydrogens is 504 g/mol. The van der Waals surface area contributed by atoms with Crippen molar-refractivity contribution in [2.45, 2.75) is 26.4 Å². The van der Waals surface area contributed by atoms with Gasteiger partial charge in [-0.2, -0.15) is 10.4 Å². The van der Waals surface area contributed by atoms with Crippen LogP contribution in [0.1, 0.15) is 31.0 Å². The van der Waals surface area contributed by atoms with Crippen molar-refractivity contribution in [3.8, 4) is 11.8 Å².